The van der Waals surface area contributed by atoms with Crippen LogP contribution in [0.2, 0.25) is 0 Å². The average molecular weight is 291 g/mol. The van der Waals surface area contributed by atoms with Gasteiger partial charge in [0.05, 0.1) is 0 Å². The van der Waals surface area contributed by atoms with Gasteiger partial charge >= 0.3 is 0 Å². The zero-order chi connectivity index (χ0) is 13.3. The largest absolute Gasteiger partial charge is 0.454 e. The fraction of sp³-hybridized carbons (Fsp3) is 0.143. The smallest absolute Gasteiger partial charge is 0.249 e. The minimum atomic E-state index is 0.0465. The predicted molar refractivity (Wildman–Crippen MR) is 81.2 cm³/mol. The zero-order valence-corrected chi connectivity index (χ0v) is 12.5. The van der Waals surface area contributed by atoms with Gasteiger partial charge in [-0.15, -0.1) is 0 Å². The van der Waals surface area contributed by atoms with Gasteiger partial charge in [-0.25, -0.2) is 0 Å². The Labute approximate surface area is 116 Å². The Bertz CT molecular complexity index is 515. The number of rotatable bonds is 6. The van der Waals surface area contributed by atoms with Crippen molar-refractivity contribution in [3.63, 3.8) is 0 Å². The first kappa shape index (κ1) is 14.0. The molecule has 2 aromatic carbocycles. The highest BCUT2D eigenvalue weighted by molar-refractivity contribution is 7.39. The molecule has 0 fully saturated rings. The van der Waals surface area contributed by atoms with Crippen LogP contribution in [-0.2, 0) is 6.42 Å². The van der Waals surface area contributed by atoms with Crippen LogP contribution in [0.3, 0.4) is 0 Å². The summed E-state index contributed by atoms with van der Waals surface area (Å²) in [6.45, 7) is 2.13. The van der Waals surface area contributed by atoms with Crippen LogP contribution in [0.25, 0.3) is 0 Å². The summed E-state index contributed by atoms with van der Waals surface area (Å²) in [7, 11) is 0.605. The fourth-order valence-electron chi connectivity index (χ4n) is 1.43. The summed E-state index contributed by atoms with van der Waals surface area (Å²) in [5.41, 5.74) is 1.30. The molecule has 5 heteroatoms. The zero-order valence-electron chi connectivity index (χ0n) is 10.6. The topological polar surface area (TPSA) is 30.8 Å². The Hall–Kier alpha value is -1.43. The third-order valence-corrected chi connectivity index (χ3v) is 3.74. The summed E-state index contributed by atoms with van der Waals surface area (Å²) < 4.78 is 15.1. The quantitative estimate of drug-likeness (QED) is 0.680. The van der Waals surface area contributed by atoms with Crippen molar-refractivity contribution in [1.29, 1.82) is 0 Å². The molecule has 19 heavy (non-hydrogen) atoms. The van der Waals surface area contributed by atoms with Crippen LogP contribution in [0.15, 0.2) is 59.1 Å². The molecule has 1 atom stereocenters. The molecule has 0 N–H and O–H groups in total. The average Bonchev–Trinajstić information content (AvgIpc) is 2.49. The Kier molecular flexibility index (Phi) is 5.81. The van der Waals surface area contributed by atoms with E-state index in [2.05, 4.69) is 23.6 Å². The number of aryl methyl sites for hydroxylation is 1. The van der Waals surface area contributed by atoms with Crippen molar-refractivity contribution in [2.75, 3.05) is 0 Å². The lowest BCUT2D eigenvalue weighted by Crippen LogP contribution is -1.80. The van der Waals surface area contributed by atoms with Crippen molar-refractivity contribution in [3.05, 3.63) is 60.2 Å². The highest BCUT2D eigenvalue weighted by Crippen LogP contribution is 2.26. The molecule has 0 radical (unpaired) electrons. The van der Waals surface area contributed by atoms with Gasteiger partial charge in [0.2, 0.25) is 17.6 Å². The second-order valence-corrected chi connectivity index (χ2v) is 5.31. The van der Waals surface area contributed by atoms with Gasteiger partial charge < -0.3 is 9.05 Å². The van der Waals surface area contributed by atoms with Crippen LogP contribution in [0.5, 0.6) is 11.5 Å². The van der Waals surface area contributed by atoms with E-state index in [0.29, 0.717) is 8.60 Å². The molecular formula is C14H15NO2P2. The lowest BCUT2D eigenvalue weighted by Gasteiger charge is -2.02. The molecule has 0 aliphatic heterocycles. The third kappa shape index (κ3) is 4.98. The van der Waals surface area contributed by atoms with E-state index in [-0.39, 0.29) is 8.96 Å². The predicted octanol–water partition coefficient (Wildman–Crippen LogP) is 5.26. The number of hydrogen-bond acceptors (Lipinski definition) is 3. The highest BCUT2D eigenvalue weighted by atomic mass is 31.1. The number of para-hydroxylation sites is 1. The molecule has 0 heterocycles. The van der Waals surface area contributed by atoms with Crippen LogP contribution in [-0.4, -0.2) is 0 Å². The Morgan fingerprint density at radius 2 is 1.74 bits per heavy atom. The van der Waals surface area contributed by atoms with Gasteiger partial charge in [0, 0.05) is 0 Å². The maximum Gasteiger partial charge on any atom is 0.249 e. The highest BCUT2D eigenvalue weighted by Gasteiger charge is 1.93. The minimum absolute atomic E-state index is 0.0465. The standard InChI is InChI=1S/C14H15NO2P2/c1-2-12-8-10-14(11-9-12)17-19-15-18-16-13-6-4-3-5-7-13/h3-11,19H,2H2,1H3. The maximum atomic E-state index is 5.52. The van der Waals surface area contributed by atoms with Gasteiger partial charge in [0.25, 0.3) is 0 Å². The summed E-state index contributed by atoms with van der Waals surface area (Å²) in [5, 5.41) is 0. The fourth-order valence-corrected chi connectivity index (χ4v) is 2.35. The van der Waals surface area contributed by atoms with Crippen LogP contribution < -0.4 is 9.05 Å². The lowest BCUT2D eigenvalue weighted by molar-refractivity contribution is 0.626. The van der Waals surface area contributed by atoms with Crippen molar-refractivity contribution >= 4 is 17.6 Å². The summed E-state index contributed by atoms with van der Waals surface area (Å²) >= 11 is 0. The van der Waals surface area contributed by atoms with E-state index in [1.165, 1.54) is 5.56 Å². The Morgan fingerprint density at radius 3 is 2.42 bits per heavy atom. The van der Waals surface area contributed by atoms with Crippen LogP contribution >= 0.6 is 17.6 Å². The van der Waals surface area contributed by atoms with E-state index in [9.17, 15) is 0 Å². The first-order valence-electron chi connectivity index (χ1n) is 6.01. The van der Waals surface area contributed by atoms with Gasteiger partial charge in [0.1, 0.15) is 11.5 Å². The van der Waals surface area contributed by atoms with Gasteiger partial charge in [-0.05, 0) is 36.2 Å². The SMILES string of the molecule is CCc1ccc(OPN=POc2ccccc2)cc1. The third-order valence-electron chi connectivity index (χ3n) is 2.47. The van der Waals surface area contributed by atoms with Crippen molar-refractivity contribution in [2.24, 2.45) is 4.52 Å². The van der Waals surface area contributed by atoms with E-state index >= 15 is 0 Å². The molecule has 0 amide bonds. The molecule has 3 nitrogen and oxygen atoms in total. The summed E-state index contributed by atoms with van der Waals surface area (Å²) in [4.78, 5) is 0. The molecule has 0 aliphatic rings. The van der Waals surface area contributed by atoms with Crippen molar-refractivity contribution < 1.29 is 9.05 Å². The minimum Gasteiger partial charge on any atom is -0.454 e. The van der Waals surface area contributed by atoms with Crippen molar-refractivity contribution in [3.8, 4) is 11.5 Å². The van der Waals surface area contributed by atoms with Gasteiger partial charge in [-0.2, -0.15) is 4.52 Å². The summed E-state index contributed by atoms with van der Waals surface area (Å²) in [5.74, 6) is 1.65. The van der Waals surface area contributed by atoms with Crippen molar-refractivity contribution in [1.82, 2.24) is 0 Å². The summed E-state index contributed by atoms with van der Waals surface area (Å²) in [6, 6.07) is 17.7. The van der Waals surface area contributed by atoms with E-state index in [0.717, 1.165) is 17.9 Å². The van der Waals surface area contributed by atoms with E-state index in [1.54, 1.807) is 0 Å². The molecule has 0 aliphatic carbocycles. The van der Waals surface area contributed by atoms with E-state index < -0.39 is 0 Å². The Balaban J connectivity index is 1.73. The molecule has 2 rings (SSSR count). The molecular weight excluding hydrogens is 276 g/mol. The molecule has 0 saturated heterocycles. The second-order valence-electron chi connectivity index (χ2n) is 3.78. The Morgan fingerprint density at radius 1 is 1.00 bits per heavy atom. The molecule has 0 aromatic heterocycles. The number of nitrogens with zero attached hydrogens (tertiary/aromatic N) is 1. The maximum absolute atomic E-state index is 5.52. The van der Waals surface area contributed by atoms with Crippen LogP contribution in [0.1, 0.15) is 12.5 Å². The van der Waals surface area contributed by atoms with Crippen molar-refractivity contribution in [2.45, 2.75) is 13.3 Å². The first-order chi connectivity index (χ1) is 9.38. The van der Waals surface area contributed by atoms with E-state index in [1.807, 2.05) is 42.5 Å². The first-order valence-corrected chi connectivity index (χ1v) is 7.63. The van der Waals surface area contributed by atoms with Crippen LogP contribution in [0.4, 0.5) is 0 Å². The second kappa shape index (κ2) is 7.89. The monoisotopic (exact) mass is 291 g/mol. The lowest BCUT2D eigenvalue weighted by atomic mass is 10.2. The van der Waals surface area contributed by atoms with Crippen LogP contribution in [0, 0.1) is 0 Å². The molecule has 98 valence electrons. The molecule has 0 saturated carbocycles. The molecule has 0 spiro atoms. The van der Waals surface area contributed by atoms with Gasteiger partial charge in [0.15, 0.2) is 0 Å². The normalized spacial score (nSPS) is 11.2. The molecule has 1 unspecified atom stereocenters. The number of benzene rings is 2. The van der Waals surface area contributed by atoms with E-state index in [4.69, 9.17) is 9.05 Å². The van der Waals surface area contributed by atoms with Gasteiger partial charge in [-0.3, -0.25) is 0 Å². The molecule has 2 aromatic rings. The van der Waals surface area contributed by atoms with Gasteiger partial charge in [-0.1, -0.05) is 37.3 Å². The summed E-state index contributed by atoms with van der Waals surface area (Å²) in [6.07, 6.45) is 1.04. The molecule has 0 bridgehead atoms. The number of hydrogen-bond donors (Lipinski definition) is 0.